The van der Waals surface area contributed by atoms with Gasteiger partial charge in [-0.3, -0.25) is 10.1 Å². The lowest BCUT2D eigenvalue weighted by atomic mass is 9.94. The van der Waals surface area contributed by atoms with Gasteiger partial charge >= 0.3 is 6.03 Å². The Morgan fingerprint density at radius 3 is 2.77 bits per heavy atom. The number of benzene rings is 1. The van der Waals surface area contributed by atoms with Gasteiger partial charge in [-0.2, -0.15) is 0 Å². The van der Waals surface area contributed by atoms with Crippen LogP contribution in [0.1, 0.15) is 32.3 Å². The molecule has 7 heteroatoms. The molecule has 1 saturated heterocycles. The van der Waals surface area contributed by atoms with Gasteiger partial charge in [0.2, 0.25) is 0 Å². The topological polar surface area (TPSA) is 93.5 Å². The molecule has 0 bridgehead atoms. The van der Waals surface area contributed by atoms with E-state index in [-0.39, 0.29) is 23.4 Å². The Hall–Kier alpha value is -2.15. The van der Waals surface area contributed by atoms with E-state index in [1.54, 1.807) is 13.0 Å². The van der Waals surface area contributed by atoms with Gasteiger partial charge in [-0.25, -0.2) is 4.79 Å². The average Bonchev–Trinajstić information content (AvgIpc) is 2.39. The number of hydrogen-bond acceptors (Lipinski definition) is 4. The molecule has 1 aliphatic heterocycles. The molecule has 0 aromatic heterocycles. The van der Waals surface area contributed by atoms with Crippen LogP contribution in [0, 0.1) is 17.0 Å². The van der Waals surface area contributed by atoms with Crippen molar-refractivity contribution in [1.29, 1.82) is 0 Å². The van der Waals surface area contributed by atoms with E-state index in [1.165, 1.54) is 12.1 Å². The molecule has 120 valence electrons. The van der Waals surface area contributed by atoms with E-state index >= 15 is 0 Å². The molecule has 2 N–H and O–H groups in total. The highest BCUT2D eigenvalue weighted by Crippen LogP contribution is 2.24. The Kier molecular flexibility index (Phi) is 4.65. The number of carbonyl (C=O) groups is 1. The summed E-state index contributed by atoms with van der Waals surface area (Å²) in [5.74, 6) is 0. The third-order valence-corrected chi connectivity index (χ3v) is 3.70. The van der Waals surface area contributed by atoms with Crippen LogP contribution in [-0.2, 0) is 4.74 Å². The van der Waals surface area contributed by atoms with Crippen LogP contribution >= 0.6 is 0 Å². The van der Waals surface area contributed by atoms with Crippen molar-refractivity contribution in [2.24, 2.45) is 0 Å². The van der Waals surface area contributed by atoms with E-state index in [9.17, 15) is 14.9 Å². The zero-order valence-electron chi connectivity index (χ0n) is 13.0. The van der Waals surface area contributed by atoms with Gasteiger partial charge in [0.1, 0.15) is 0 Å². The van der Waals surface area contributed by atoms with Gasteiger partial charge in [0.15, 0.2) is 0 Å². The van der Waals surface area contributed by atoms with Gasteiger partial charge in [-0.05, 0) is 45.2 Å². The number of aryl methyl sites for hydroxylation is 1. The maximum atomic E-state index is 12.1. The fourth-order valence-corrected chi connectivity index (χ4v) is 2.60. The first kappa shape index (κ1) is 16.2. The number of anilines is 1. The number of hydrogen-bond donors (Lipinski definition) is 2. The molecule has 22 heavy (non-hydrogen) atoms. The second-order valence-corrected chi connectivity index (χ2v) is 6.15. The van der Waals surface area contributed by atoms with Crippen LogP contribution in [0.25, 0.3) is 0 Å². The minimum atomic E-state index is -0.457. The number of urea groups is 1. The first-order valence-electron chi connectivity index (χ1n) is 7.23. The molecule has 7 nitrogen and oxygen atoms in total. The highest BCUT2D eigenvalue weighted by Gasteiger charge is 2.29. The van der Waals surface area contributed by atoms with Gasteiger partial charge < -0.3 is 15.4 Å². The normalized spacial score (nSPS) is 20.2. The summed E-state index contributed by atoms with van der Waals surface area (Å²) in [7, 11) is 0. The van der Waals surface area contributed by atoms with Crippen LogP contribution < -0.4 is 10.6 Å². The fraction of sp³-hybridized carbons (Fsp3) is 0.533. The van der Waals surface area contributed by atoms with Crippen molar-refractivity contribution in [3.63, 3.8) is 0 Å². The van der Waals surface area contributed by atoms with E-state index in [0.717, 1.165) is 12.8 Å². The Balaban J connectivity index is 1.96. The molecule has 1 aromatic rings. The fourth-order valence-electron chi connectivity index (χ4n) is 2.60. The number of non-ortho nitro benzene ring substituents is 1. The maximum Gasteiger partial charge on any atom is 0.319 e. The number of nitrogens with one attached hydrogen (secondary N) is 2. The Morgan fingerprint density at radius 2 is 2.18 bits per heavy atom. The van der Waals surface area contributed by atoms with E-state index in [1.807, 2.05) is 13.8 Å². The summed E-state index contributed by atoms with van der Waals surface area (Å²) in [6.45, 7) is 6.34. The number of nitro groups is 1. The maximum absolute atomic E-state index is 12.1. The van der Waals surface area contributed by atoms with Crippen molar-refractivity contribution in [1.82, 2.24) is 5.32 Å². The van der Waals surface area contributed by atoms with E-state index in [2.05, 4.69) is 10.6 Å². The van der Waals surface area contributed by atoms with E-state index in [0.29, 0.717) is 17.9 Å². The van der Waals surface area contributed by atoms with Crippen LogP contribution in [0.15, 0.2) is 18.2 Å². The standard InChI is InChI=1S/C15H21N3O4/c1-10-8-12(18(20)21)4-5-13(10)17-14(19)16-11-6-7-22-15(2,3)9-11/h4-5,8,11H,6-7,9H2,1-3H3,(H2,16,17,19)/t11-/m0/s1. The molecule has 0 radical (unpaired) electrons. The molecule has 0 spiro atoms. The molecular formula is C15H21N3O4. The second-order valence-electron chi connectivity index (χ2n) is 6.15. The van der Waals surface area contributed by atoms with Crippen LogP contribution in [0.3, 0.4) is 0 Å². The van der Waals surface area contributed by atoms with Crippen LogP contribution in [-0.4, -0.2) is 29.2 Å². The third kappa shape index (κ3) is 4.17. The summed E-state index contributed by atoms with van der Waals surface area (Å²) >= 11 is 0. The zero-order chi connectivity index (χ0) is 16.3. The van der Waals surface area contributed by atoms with Crippen LogP contribution in [0.2, 0.25) is 0 Å². The van der Waals surface area contributed by atoms with E-state index in [4.69, 9.17) is 4.74 Å². The van der Waals surface area contributed by atoms with Crippen LogP contribution in [0.4, 0.5) is 16.2 Å². The van der Waals surface area contributed by atoms with Gasteiger partial charge in [0.25, 0.3) is 5.69 Å². The number of rotatable bonds is 3. The van der Waals surface area contributed by atoms with Gasteiger partial charge in [0.05, 0.1) is 10.5 Å². The minimum Gasteiger partial charge on any atom is -0.375 e. The number of carbonyl (C=O) groups excluding carboxylic acids is 1. The summed E-state index contributed by atoms with van der Waals surface area (Å²) in [5.41, 5.74) is 0.986. The van der Waals surface area contributed by atoms with Crippen molar-refractivity contribution >= 4 is 17.4 Å². The molecule has 0 aliphatic carbocycles. The predicted molar refractivity (Wildman–Crippen MR) is 83.0 cm³/mol. The predicted octanol–water partition coefficient (Wildman–Crippen LogP) is 2.98. The molecule has 1 aliphatic rings. The Bertz CT molecular complexity index is 586. The lowest BCUT2D eigenvalue weighted by Crippen LogP contribution is -2.47. The molecule has 0 unspecified atom stereocenters. The molecule has 1 heterocycles. The monoisotopic (exact) mass is 307 g/mol. The molecule has 1 fully saturated rings. The SMILES string of the molecule is Cc1cc([N+](=O)[O-])ccc1NC(=O)N[C@H]1CCOC(C)(C)C1. The molecule has 1 atom stereocenters. The number of nitrogens with zero attached hydrogens (tertiary/aromatic N) is 1. The molecule has 1 aromatic carbocycles. The number of ether oxygens (including phenoxy) is 1. The number of amides is 2. The van der Waals surface area contributed by atoms with Crippen molar-refractivity contribution in [2.75, 3.05) is 11.9 Å². The largest absolute Gasteiger partial charge is 0.375 e. The lowest BCUT2D eigenvalue weighted by Gasteiger charge is -2.35. The zero-order valence-corrected chi connectivity index (χ0v) is 13.0. The van der Waals surface area contributed by atoms with Crippen molar-refractivity contribution in [3.05, 3.63) is 33.9 Å². The molecule has 2 amide bonds. The van der Waals surface area contributed by atoms with Gasteiger partial charge in [-0.1, -0.05) is 0 Å². The van der Waals surface area contributed by atoms with Gasteiger partial charge in [-0.15, -0.1) is 0 Å². The van der Waals surface area contributed by atoms with Crippen molar-refractivity contribution in [2.45, 2.75) is 45.3 Å². The van der Waals surface area contributed by atoms with E-state index < -0.39 is 4.92 Å². The quantitative estimate of drug-likeness (QED) is 0.663. The van der Waals surface area contributed by atoms with Crippen molar-refractivity contribution < 1.29 is 14.5 Å². The summed E-state index contributed by atoms with van der Waals surface area (Å²) in [6, 6.07) is 4.11. The second kappa shape index (κ2) is 6.31. The van der Waals surface area contributed by atoms with Crippen LogP contribution in [0.5, 0.6) is 0 Å². The van der Waals surface area contributed by atoms with Crippen molar-refractivity contribution in [3.8, 4) is 0 Å². The summed E-state index contributed by atoms with van der Waals surface area (Å²) in [6.07, 6.45) is 1.52. The molecule has 2 rings (SSSR count). The smallest absolute Gasteiger partial charge is 0.319 e. The molecular weight excluding hydrogens is 286 g/mol. The van der Waals surface area contributed by atoms with Gasteiger partial charge in [0, 0.05) is 30.5 Å². The molecule has 0 saturated carbocycles. The highest BCUT2D eigenvalue weighted by atomic mass is 16.6. The Morgan fingerprint density at radius 1 is 1.45 bits per heavy atom. The Labute approximate surface area is 129 Å². The first-order valence-corrected chi connectivity index (χ1v) is 7.23. The summed E-state index contributed by atoms with van der Waals surface area (Å²) in [4.78, 5) is 22.3. The summed E-state index contributed by atoms with van der Waals surface area (Å²) < 4.78 is 5.61. The lowest BCUT2D eigenvalue weighted by molar-refractivity contribution is -0.384. The summed E-state index contributed by atoms with van der Waals surface area (Å²) in [5, 5.41) is 16.4. The number of nitro benzene ring substituents is 1. The average molecular weight is 307 g/mol. The minimum absolute atomic E-state index is 0.00892. The first-order chi connectivity index (χ1) is 10.3. The third-order valence-electron chi connectivity index (χ3n) is 3.70. The highest BCUT2D eigenvalue weighted by molar-refractivity contribution is 5.90.